The molecule has 0 radical (unpaired) electrons. The molecule has 3 aromatic heterocycles. The van der Waals surface area contributed by atoms with Gasteiger partial charge in [-0.05, 0) is 95.2 Å². The van der Waals surface area contributed by atoms with E-state index in [1.165, 1.54) is 30.3 Å². The van der Waals surface area contributed by atoms with Crippen molar-refractivity contribution in [1.29, 1.82) is 0 Å². The number of urea groups is 2. The predicted molar refractivity (Wildman–Crippen MR) is 236 cm³/mol. The van der Waals surface area contributed by atoms with E-state index in [1.807, 2.05) is 24.3 Å². The molecule has 6 aromatic rings. The monoisotopic (exact) mass is 886 g/mol. The van der Waals surface area contributed by atoms with Gasteiger partial charge in [0.1, 0.15) is 21.8 Å². The largest absolute Gasteiger partial charge is 0.493 e. The van der Waals surface area contributed by atoms with Crippen LogP contribution >= 0.6 is 34.7 Å². The highest BCUT2D eigenvalue weighted by atomic mass is 35.5. The molecule has 0 fully saturated rings. The number of fused-ring (bicyclic) bond motifs is 2. The first-order valence-corrected chi connectivity index (χ1v) is 22.4. The molecule has 0 atom stereocenters. The fourth-order valence-electron chi connectivity index (χ4n) is 5.07. The molecular weight excluding hydrogens is 836 g/mol. The zero-order valence-electron chi connectivity index (χ0n) is 34.2. The van der Waals surface area contributed by atoms with Crippen LogP contribution in [-0.2, 0) is 20.7 Å². The van der Waals surface area contributed by atoms with Gasteiger partial charge in [-0.25, -0.2) is 23.4 Å². The second kappa shape index (κ2) is 21.1. The third kappa shape index (κ3) is 13.6. The molecule has 59 heavy (non-hydrogen) atoms. The second-order valence-corrected chi connectivity index (χ2v) is 18.2. The number of hydrazine groups is 2. The lowest BCUT2D eigenvalue weighted by atomic mass is 9.76. The number of anilines is 2. The maximum atomic E-state index is 11.8. The number of aromatic amines is 1. The number of halogens is 1. The first-order chi connectivity index (χ1) is 28.0. The third-order valence-corrected chi connectivity index (χ3v) is 12.2. The van der Waals surface area contributed by atoms with E-state index >= 15 is 0 Å². The summed E-state index contributed by atoms with van der Waals surface area (Å²) in [6, 6.07) is 18.2. The number of sulfone groups is 1. The minimum atomic E-state index is -3.28. The Morgan fingerprint density at radius 2 is 1.53 bits per heavy atom. The topological polar surface area (TPSA) is 230 Å². The maximum absolute atomic E-state index is 11.8. The van der Waals surface area contributed by atoms with Crippen molar-refractivity contribution < 1.29 is 22.7 Å². The molecule has 318 valence electrons. The zero-order chi connectivity index (χ0) is 43.2. The Balaban J connectivity index is 0.000000229. The van der Waals surface area contributed by atoms with Crippen LogP contribution in [-0.4, -0.2) is 76.1 Å². The Morgan fingerprint density at radius 1 is 0.847 bits per heavy atom. The van der Waals surface area contributed by atoms with Crippen molar-refractivity contribution in [1.82, 2.24) is 50.6 Å². The number of para-hydroxylation sites is 2. The highest BCUT2D eigenvalue weighted by Crippen LogP contribution is 2.38. The Kier molecular flexibility index (Phi) is 16.6. The molecule has 0 unspecified atom stereocenters. The summed E-state index contributed by atoms with van der Waals surface area (Å²) in [5.41, 5.74) is 15.5. The molecule has 6 rings (SSSR count). The number of aromatic nitrogens is 6. The smallest absolute Gasteiger partial charge is 0.333 e. The van der Waals surface area contributed by atoms with Crippen molar-refractivity contribution in [2.75, 3.05) is 37.3 Å². The molecular formula is C38H51ClN12O5S3. The molecule has 3 aromatic carbocycles. The Labute approximate surface area is 357 Å². The van der Waals surface area contributed by atoms with E-state index in [4.69, 9.17) is 16.3 Å². The summed E-state index contributed by atoms with van der Waals surface area (Å²) in [4.78, 5) is 27.0. The summed E-state index contributed by atoms with van der Waals surface area (Å²) < 4.78 is 37.1. The minimum absolute atomic E-state index is 0.0204. The van der Waals surface area contributed by atoms with Crippen molar-refractivity contribution >= 4 is 88.6 Å². The van der Waals surface area contributed by atoms with Gasteiger partial charge in [-0.3, -0.25) is 16.3 Å². The number of benzene rings is 3. The van der Waals surface area contributed by atoms with Gasteiger partial charge in [0.05, 0.1) is 17.0 Å². The number of hydrogen-bond acceptors (Lipinski definition) is 14. The van der Waals surface area contributed by atoms with Crippen LogP contribution in [0.4, 0.5) is 19.7 Å². The van der Waals surface area contributed by atoms with Crippen LogP contribution in [0.1, 0.15) is 71.9 Å². The number of amides is 4. The van der Waals surface area contributed by atoms with Crippen LogP contribution in [0.3, 0.4) is 0 Å². The van der Waals surface area contributed by atoms with Gasteiger partial charge >= 0.3 is 12.1 Å². The summed E-state index contributed by atoms with van der Waals surface area (Å²) in [7, 11) is -1.79. The normalized spacial score (nSPS) is 11.4. The summed E-state index contributed by atoms with van der Waals surface area (Å²) in [6.07, 6.45) is 3.93. The molecule has 4 amide bonds. The van der Waals surface area contributed by atoms with E-state index in [9.17, 15) is 18.0 Å². The molecule has 0 saturated heterocycles. The van der Waals surface area contributed by atoms with Gasteiger partial charge in [-0.15, -0.1) is 0 Å². The van der Waals surface area contributed by atoms with Crippen LogP contribution in [0.2, 0.25) is 5.28 Å². The second-order valence-electron chi connectivity index (χ2n) is 14.4. The minimum Gasteiger partial charge on any atom is -0.493 e. The molecule has 21 heteroatoms. The molecule has 17 nitrogen and oxygen atoms in total. The zero-order valence-corrected chi connectivity index (χ0v) is 37.4. The number of rotatable bonds is 14. The van der Waals surface area contributed by atoms with Gasteiger partial charge in [0.25, 0.3) is 0 Å². The van der Waals surface area contributed by atoms with Crippen molar-refractivity contribution in [3.63, 3.8) is 0 Å². The van der Waals surface area contributed by atoms with E-state index in [0.29, 0.717) is 40.6 Å². The number of hydrogen-bond donors (Lipinski definition) is 7. The molecule has 0 spiro atoms. The quantitative estimate of drug-likeness (QED) is 0.0415. The predicted octanol–water partition coefficient (Wildman–Crippen LogP) is 7.58. The van der Waals surface area contributed by atoms with Crippen LogP contribution in [0.5, 0.6) is 5.75 Å². The molecule has 3 heterocycles. The third-order valence-electron chi connectivity index (χ3n) is 9.42. The van der Waals surface area contributed by atoms with E-state index < -0.39 is 15.9 Å². The lowest BCUT2D eigenvalue weighted by molar-refractivity contribution is 0.240. The standard InChI is InChI=1S/C22H34ClN5O2S.C10H12N4O3S2.C6H5N3/c1-7-21(3,4)15-10-11-17(16(14-15)22(5,6)8-2)30-13-9-12-24-19(29)26-27-20-25-18(23)28-31-20;1-11-10(15)13-12-9-7-5-6(19(2,16)17)3-4-8(7)14-18-9;1-2-4-6-5(3-1)7-9-8-6/h10-11,14H,7-9,12-13H2,1-6H3,(H2,24,26,29)(H,25,27,28);3-5,12H,1-2H3,(H2,11,13,15);1-4H,(H,7,8,9). The SMILES string of the molecule is CCC(C)(C)c1ccc(OCCCNC(=O)NNc2nc(Cl)ns2)c(C(C)(C)CC)c1.CNC(=O)NNc1snc2ccc(S(C)(=O)=O)cc12.c1ccc2n[nH]nc2c1. The summed E-state index contributed by atoms with van der Waals surface area (Å²) in [6.45, 7) is 14.5. The van der Waals surface area contributed by atoms with E-state index in [-0.39, 0.29) is 27.0 Å². The fourth-order valence-corrected chi connectivity index (χ4v) is 7.09. The first kappa shape index (κ1) is 46.4. The summed E-state index contributed by atoms with van der Waals surface area (Å²) in [5, 5.41) is 17.2. The molecule has 0 aliphatic rings. The van der Waals surface area contributed by atoms with Gasteiger partial charge in [-0.1, -0.05) is 65.8 Å². The number of H-pyrrole nitrogens is 1. The molecule has 0 bridgehead atoms. The first-order valence-electron chi connectivity index (χ1n) is 18.6. The number of carbonyl (C=O) groups excluding carboxylic acids is 2. The average molecular weight is 888 g/mol. The Bertz CT molecular complexity index is 2390. The van der Waals surface area contributed by atoms with Gasteiger partial charge in [-0.2, -0.15) is 29.1 Å². The molecule has 0 aliphatic carbocycles. The number of nitrogens with zero attached hydrogens (tertiary/aromatic N) is 5. The van der Waals surface area contributed by atoms with Gasteiger partial charge in [0.2, 0.25) is 10.4 Å². The Morgan fingerprint density at radius 3 is 2.14 bits per heavy atom. The van der Waals surface area contributed by atoms with Gasteiger partial charge in [0, 0.05) is 42.3 Å². The summed E-state index contributed by atoms with van der Waals surface area (Å²) >= 11 is 7.84. The lowest BCUT2D eigenvalue weighted by Gasteiger charge is -2.30. The van der Waals surface area contributed by atoms with Gasteiger partial charge < -0.3 is 15.4 Å². The van der Waals surface area contributed by atoms with Crippen molar-refractivity contribution in [2.24, 2.45) is 0 Å². The molecule has 7 N–H and O–H groups in total. The van der Waals surface area contributed by atoms with Crippen LogP contribution in [0.25, 0.3) is 21.9 Å². The summed E-state index contributed by atoms with van der Waals surface area (Å²) in [5.74, 6) is 0.918. The van der Waals surface area contributed by atoms with Crippen molar-refractivity contribution in [3.8, 4) is 5.75 Å². The number of ether oxygens (including phenoxy) is 1. The van der Waals surface area contributed by atoms with Gasteiger partial charge in [0.15, 0.2) is 9.84 Å². The number of nitrogens with one attached hydrogen (secondary N) is 7. The Hall–Kier alpha value is -5.31. The fraction of sp³-hybridized carbons (Fsp3) is 0.395. The van der Waals surface area contributed by atoms with Crippen molar-refractivity contribution in [2.45, 2.75) is 76.5 Å². The van der Waals surface area contributed by atoms with Crippen LogP contribution in [0.15, 0.2) is 65.6 Å². The van der Waals surface area contributed by atoms with E-state index in [1.54, 1.807) is 6.07 Å². The maximum Gasteiger partial charge on any atom is 0.333 e. The average Bonchev–Trinajstić information content (AvgIpc) is 3.98. The highest BCUT2D eigenvalue weighted by molar-refractivity contribution is 7.90. The van der Waals surface area contributed by atoms with E-state index in [0.717, 1.165) is 58.9 Å². The number of carbonyl (C=O) groups is 2. The highest BCUT2D eigenvalue weighted by Gasteiger charge is 2.26. The molecule has 0 saturated carbocycles. The van der Waals surface area contributed by atoms with Crippen LogP contribution in [0, 0.1) is 0 Å². The lowest BCUT2D eigenvalue weighted by Crippen LogP contribution is -2.39. The van der Waals surface area contributed by atoms with E-state index in [2.05, 4.69) is 121 Å². The van der Waals surface area contributed by atoms with Crippen LogP contribution < -0.4 is 37.1 Å². The molecule has 0 aliphatic heterocycles. The van der Waals surface area contributed by atoms with Crippen molar-refractivity contribution in [3.05, 3.63) is 77.1 Å².